The topological polar surface area (TPSA) is 29.3 Å². The monoisotopic (exact) mass is 294 g/mol. The van der Waals surface area contributed by atoms with E-state index >= 15 is 0 Å². The van der Waals surface area contributed by atoms with Gasteiger partial charge in [0.05, 0.1) is 0 Å². The van der Waals surface area contributed by atoms with Crippen molar-refractivity contribution in [3.05, 3.63) is 22.4 Å². The third kappa shape index (κ3) is 3.10. The fourth-order valence-corrected chi connectivity index (χ4v) is 4.75. The summed E-state index contributed by atoms with van der Waals surface area (Å²) in [5.41, 5.74) is 6.45. The van der Waals surface area contributed by atoms with Crippen molar-refractivity contribution in [2.75, 3.05) is 13.6 Å². The zero-order valence-electron chi connectivity index (χ0n) is 13.4. The summed E-state index contributed by atoms with van der Waals surface area (Å²) in [6, 6.07) is 4.94. The third-order valence-corrected chi connectivity index (χ3v) is 6.40. The normalized spacial score (nSPS) is 32.5. The lowest BCUT2D eigenvalue weighted by molar-refractivity contribution is -0.00883. The molecule has 2 N–H and O–H groups in total. The Kier molecular flexibility index (Phi) is 5.27. The summed E-state index contributed by atoms with van der Waals surface area (Å²) in [5.74, 6) is 1.49. The molecule has 0 amide bonds. The van der Waals surface area contributed by atoms with Crippen molar-refractivity contribution in [2.24, 2.45) is 17.6 Å². The molecular formula is C17H30N2S. The summed E-state index contributed by atoms with van der Waals surface area (Å²) in [5, 5.41) is 2.17. The molecule has 1 aromatic rings. The quantitative estimate of drug-likeness (QED) is 0.896. The van der Waals surface area contributed by atoms with E-state index in [0.29, 0.717) is 12.0 Å². The van der Waals surface area contributed by atoms with E-state index in [1.807, 2.05) is 11.3 Å². The molecule has 2 rings (SSSR count). The Morgan fingerprint density at radius 2 is 2.20 bits per heavy atom. The van der Waals surface area contributed by atoms with Gasteiger partial charge in [0.1, 0.15) is 0 Å². The van der Waals surface area contributed by atoms with Crippen LogP contribution in [0.4, 0.5) is 0 Å². The van der Waals surface area contributed by atoms with Gasteiger partial charge < -0.3 is 5.73 Å². The summed E-state index contributed by atoms with van der Waals surface area (Å²) in [6.45, 7) is 7.91. The van der Waals surface area contributed by atoms with Gasteiger partial charge in [0.25, 0.3) is 0 Å². The molecule has 1 saturated carbocycles. The van der Waals surface area contributed by atoms with E-state index < -0.39 is 0 Å². The highest BCUT2D eigenvalue weighted by molar-refractivity contribution is 7.09. The van der Waals surface area contributed by atoms with Crippen molar-refractivity contribution in [2.45, 2.75) is 58.0 Å². The fourth-order valence-electron chi connectivity index (χ4n) is 3.93. The van der Waals surface area contributed by atoms with E-state index in [1.165, 1.54) is 24.1 Å². The lowest BCUT2D eigenvalue weighted by Crippen LogP contribution is -2.61. The van der Waals surface area contributed by atoms with Crippen LogP contribution in [-0.2, 0) is 6.42 Å². The molecule has 0 aliphatic heterocycles. The number of nitrogens with zero attached hydrogens (tertiary/aromatic N) is 1. The van der Waals surface area contributed by atoms with Crippen LogP contribution in [0.15, 0.2) is 17.5 Å². The van der Waals surface area contributed by atoms with Gasteiger partial charge in [-0.25, -0.2) is 0 Å². The van der Waals surface area contributed by atoms with Gasteiger partial charge in [-0.1, -0.05) is 26.3 Å². The van der Waals surface area contributed by atoms with Crippen molar-refractivity contribution in [1.29, 1.82) is 0 Å². The van der Waals surface area contributed by atoms with Gasteiger partial charge in [-0.15, -0.1) is 11.3 Å². The van der Waals surface area contributed by atoms with Gasteiger partial charge in [-0.2, -0.15) is 0 Å². The zero-order chi connectivity index (χ0) is 14.8. The van der Waals surface area contributed by atoms with Gasteiger partial charge in [0, 0.05) is 23.0 Å². The third-order valence-electron chi connectivity index (χ3n) is 5.51. The van der Waals surface area contributed by atoms with E-state index in [4.69, 9.17) is 5.73 Å². The first kappa shape index (κ1) is 16.0. The molecule has 2 nitrogen and oxygen atoms in total. The molecule has 1 fully saturated rings. The summed E-state index contributed by atoms with van der Waals surface area (Å²) in [7, 11) is 2.29. The lowest BCUT2D eigenvalue weighted by Gasteiger charge is -2.52. The van der Waals surface area contributed by atoms with Crippen molar-refractivity contribution in [3.8, 4) is 0 Å². The van der Waals surface area contributed by atoms with E-state index in [2.05, 4.69) is 50.2 Å². The average Bonchev–Trinajstić information content (AvgIpc) is 2.93. The first-order valence-electron chi connectivity index (χ1n) is 7.95. The predicted molar refractivity (Wildman–Crippen MR) is 89.2 cm³/mol. The first-order chi connectivity index (χ1) is 9.49. The summed E-state index contributed by atoms with van der Waals surface area (Å²) >= 11 is 1.87. The molecule has 114 valence electrons. The second-order valence-corrected chi connectivity index (χ2v) is 7.87. The molecule has 0 radical (unpaired) electrons. The molecule has 1 heterocycles. The molecule has 0 saturated heterocycles. The van der Waals surface area contributed by atoms with Crippen LogP contribution in [0.3, 0.4) is 0 Å². The molecule has 1 aliphatic rings. The summed E-state index contributed by atoms with van der Waals surface area (Å²) in [6.07, 6.45) is 5.05. The van der Waals surface area contributed by atoms with Crippen molar-refractivity contribution >= 4 is 11.3 Å². The maximum atomic E-state index is 6.26. The van der Waals surface area contributed by atoms with Crippen LogP contribution < -0.4 is 5.73 Å². The number of nitrogens with two attached hydrogens (primary N) is 1. The van der Waals surface area contributed by atoms with Crippen LogP contribution in [0.25, 0.3) is 0 Å². The molecule has 4 atom stereocenters. The molecule has 1 aliphatic carbocycles. The lowest BCUT2D eigenvalue weighted by atomic mass is 9.68. The second-order valence-electron chi connectivity index (χ2n) is 6.84. The van der Waals surface area contributed by atoms with Gasteiger partial charge in [0.2, 0.25) is 0 Å². The van der Waals surface area contributed by atoms with E-state index in [-0.39, 0.29) is 5.54 Å². The van der Waals surface area contributed by atoms with Crippen LogP contribution >= 0.6 is 11.3 Å². The smallest absolute Gasteiger partial charge is 0.0359 e. The zero-order valence-corrected chi connectivity index (χ0v) is 14.2. The Balaban J connectivity index is 2.12. The van der Waals surface area contributed by atoms with Crippen LogP contribution in [0, 0.1) is 11.8 Å². The van der Waals surface area contributed by atoms with E-state index in [0.717, 1.165) is 18.9 Å². The maximum absolute atomic E-state index is 6.26. The molecule has 0 aromatic carbocycles. The van der Waals surface area contributed by atoms with Crippen LogP contribution in [-0.4, -0.2) is 30.1 Å². The number of thiophene rings is 1. The standard InChI is InChI=1S/C17H30N2S/c1-13-7-8-14(2)17(11-13,12-18)19(4)15(3)10-16-6-5-9-20-16/h5-6,9,13-15H,7-8,10-12,18H2,1-4H3. The van der Waals surface area contributed by atoms with Crippen molar-refractivity contribution in [1.82, 2.24) is 4.90 Å². The Labute approximate surface area is 128 Å². The number of hydrogen-bond acceptors (Lipinski definition) is 3. The van der Waals surface area contributed by atoms with E-state index in [1.54, 1.807) is 0 Å². The predicted octanol–water partition coefficient (Wildman–Crippen LogP) is 3.76. The average molecular weight is 295 g/mol. The van der Waals surface area contributed by atoms with E-state index in [9.17, 15) is 0 Å². The molecule has 4 unspecified atom stereocenters. The minimum atomic E-state index is 0.189. The second kappa shape index (κ2) is 6.59. The first-order valence-corrected chi connectivity index (χ1v) is 8.83. The van der Waals surface area contributed by atoms with Crippen LogP contribution in [0.5, 0.6) is 0 Å². The summed E-state index contributed by atoms with van der Waals surface area (Å²) < 4.78 is 0. The highest BCUT2D eigenvalue weighted by Crippen LogP contribution is 2.41. The Hall–Kier alpha value is -0.380. The van der Waals surface area contributed by atoms with Gasteiger partial charge >= 0.3 is 0 Å². The number of rotatable bonds is 5. The largest absolute Gasteiger partial charge is 0.329 e. The Morgan fingerprint density at radius 3 is 2.80 bits per heavy atom. The maximum Gasteiger partial charge on any atom is 0.0359 e. The minimum Gasteiger partial charge on any atom is -0.329 e. The molecule has 1 aromatic heterocycles. The van der Waals surface area contributed by atoms with Gasteiger partial charge in [-0.3, -0.25) is 4.90 Å². The Bertz CT molecular complexity index is 403. The van der Waals surface area contributed by atoms with Crippen molar-refractivity contribution in [3.63, 3.8) is 0 Å². The summed E-state index contributed by atoms with van der Waals surface area (Å²) in [4.78, 5) is 4.07. The highest BCUT2D eigenvalue weighted by atomic mass is 32.1. The number of hydrogen-bond donors (Lipinski definition) is 1. The molecule has 3 heteroatoms. The SMILES string of the molecule is CC1CCC(C)C(CN)(N(C)C(C)Cc2cccs2)C1. The Morgan fingerprint density at radius 1 is 1.45 bits per heavy atom. The van der Waals surface area contributed by atoms with Crippen LogP contribution in [0.1, 0.15) is 44.9 Å². The molecule has 0 bridgehead atoms. The molecule has 0 spiro atoms. The van der Waals surface area contributed by atoms with Gasteiger partial charge in [-0.05, 0) is 56.5 Å². The van der Waals surface area contributed by atoms with Gasteiger partial charge in [0.15, 0.2) is 0 Å². The van der Waals surface area contributed by atoms with Crippen LogP contribution in [0.2, 0.25) is 0 Å². The number of likely N-dealkylation sites (N-methyl/N-ethyl adjacent to an activating group) is 1. The minimum absolute atomic E-state index is 0.189. The molecule has 20 heavy (non-hydrogen) atoms. The van der Waals surface area contributed by atoms with Crippen molar-refractivity contribution < 1.29 is 0 Å². The fraction of sp³-hybridized carbons (Fsp3) is 0.765. The molecular weight excluding hydrogens is 264 g/mol. The highest BCUT2D eigenvalue weighted by Gasteiger charge is 2.44.